The van der Waals surface area contributed by atoms with Gasteiger partial charge in [0.15, 0.2) is 0 Å². The molecule has 5 aromatic rings. The zero-order chi connectivity index (χ0) is 25.9. The highest BCUT2D eigenvalue weighted by atomic mass is 19.1. The molecule has 2 aromatic carbocycles. The number of halogens is 1. The lowest BCUT2D eigenvalue weighted by Gasteiger charge is -2.19. The van der Waals surface area contributed by atoms with E-state index in [0.29, 0.717) is 12.6 Å². The number of pyridine rings is 1. The Kier molecular flexibility index (Phi) is 6.69. The van der Waals surface area contributed by atoms with E-state index in [4.69, 9.17) is 14.7 Å². The number of unbranched alkanes of at least 4 members (excludes halogenated alkanes) is 1. The average molecular weight is 509 g/mol. The van der Waals surface area contributed by atoms with Crippen LogP contribution in [0.25, 0.3) is 33.5 Å². The van der Waals surface area contributed by atoms with Crippen molar-refractivity contribution in [2.24, 2.45) is 0 Å². The van der Waals surface area contributed by atoms with E-state index >= 15 is 0 Å². The number of nitrogens with zero attached hydrogens (tertiary/aromatic N) is 5. The van der Waals surface area contributed by atoms with Crippen molar-refractivity contribution >= 4 is 16.9 Å². The summed E-state index contributed by atoms with van der Waals surface area (Å²) in [6, 6.07) is 18.4. The molecule has 0 aliphatic carbocycles. The largest absolute Gasteiger partial charge is 0.491 e. The molecular formula is C30H29FN6O. The van der Waals surface area contributed by atoms with Crippen LogP contribution in [-0.4, -0.2) is 37.7 Å². The average Bonchev–Trinajstić information content (AvgIpc) is 3.52. The number of benzene rings is 2. The number of ether oxygens (including phenoxy) is 1. The Bertz CT molecular complexity index is 1560. The molecule has 38 heavy (non-hydrogen) atoms. The van der Waals surface area contributed by atoms with Gasteiger partial charge in [0, 0.05) is 36.3 Å². The van der Waals surface area contributed by atoms with Crippen molar-refractivity contribution in [2.75, 3.05) is 18.5 Å². The highest BCUT2D eigenvalue weighted by molar-refractivity contribution is 5.84. The predicted octanol–water partition coefficient (Wildman–Crippen LogP) is 6.47. The first-order valence-corrected chi connectivity index (χ1v) is 13.1. The summed E-state index contributed by atoms with van der Waals surface area (Å²) in [7, 11) is 0. The number of fused-ring (bicyclic) bond motifs is 2. The van der Waals surface area contributed by atoms with Gasteiger partial charge in [-0.05, 0) is 61.4 Å². The van der Waals surface area contributed by atoms with Crippen molar-refractivity contribution in [3.63, 3.8) is 0 Å². The minimum absolute atomic E-state index is 0.0695. The quantitative estimate of drug-likeness (QED) is 0.230. The molecule has 1 N–H and O–H groups in total. The Morgan fingerprint density at radius 3 is 2.71 bits per heavy atom. The van der Waals surface area contributed by atoms with Crippen LogP contribution in [0, 0.1) is 5.82 Å². The maximum absolute atomic E-state index is 13.7. The lowest BCUT2D eigenvalue weighted by Crippen LogP contribution is -2.15. The smallest absolute Gasteiger partial charge is 0.223 e. The zero-order valence-electron chi connectivity index (χ0n) is 21.3. The van der Waals surface area contributed by atoms with Crippen molar-refractivity contribution in [3.05, 3.63) is 84.7 Å². The fourth-order valence-corrected chi connectivity index (χ4v) is 5.02. The number of aromatic nitrogens is 5. The van der Waals surface area contributed by atoms with E-state index in [1.165, 1.54) is 12.1 Å². The Morgan fingerprint density at radius 2 is 1.84 bits per heavy atom. The van der Waals surface area contributed by atoms with Crippen LogP contribution in [0.4, 0.5) is 10.3 Å². The summed E-state index contributed by atoms with van der Waals surface area (Å²) in [5.74, 6) is 2.11. The van der Waals surface area contributed by atoms with Gasteiger partial charge < -0.3 is 14.6 Å². The molecule has 1 unspecified atom stereocenters. The molecule has 0 spiro atoms. The molecule has 0 saturated heterocycles. The van der Waals surface area contributed by atoms with Crippen molar-refractivity contribution in [1.82, 2.24) is 24.5 Å². The number of nitrogens with one attached hydrogen (secondary N) is 1. The molecule has 1 aliphatic heterocycles. The van der Waals surface area contributed by atoms with Crippen LogP contribution in [0.5, 0.6) is 5.75 Å². The highest BCUT2D eigenvalue weighted by Crippen LogP contribution is 2.39. The molecule has 1 atom stereocenters. The van der Waals surface area contributed by atoms with E-state index < -0.39 is 0 Å². The summed E-state index contributed by atoms with van der Waals surface area (Å²) in [4.78, 5) is 18.7. The Labute approximate surface area is 220 Å². The Hall–Kier alpha value is -4.33. The second-order valence-electron chi connectivity index (χ2n) is 9.48. The van der Waals surface area contributed by atoms with Crippen LogP contribution in [0.15, 0.2) is 73.1 Å². The van der Waals surface area contributed by atoms with Gasteiger partial charge in [0.2, 0.25) is 5.95 Å². The number of para-hydroxylation sites is 1. The third-order valence-electron chi connectivity index (χ3n) is 6.92. The van der Waals surface area contributed by atoms with Crippen LogP contribution in [0.1, 0.15) is 38.1 Å². The maximum atomic E-state index is 13.7. The van der Waals surface area contributed by atoms with E-state index in [1.54, 1.807) is 24.5 Å². The zero-order valence-corrected chi connectivity index (χ0v) is 21.3. The summed E-state index contributed by atoms with van der Waals surface area (Å²) in [6.45, 7) is 3.45. The van der Waals surface area contributed by atoms with Crippen molar-refractivity contribution < 1.29 is 9.13 Å². The first kappa shape index (κ1) is 24.0. The second kappa shape index (κ2) is 10.6. The summed E-state index contributed by atoms with van der Waals surface area (Å²) in [5, 5.41) is 4.32. The van der Waals surface area contributed by atoms with Gasteiger partial charge >= 0.3 is 0 Å². The number of anilines is 1. The Morgan fingerprint density at radius 1 is 1.00 bits per heavy atom. The molecule has 4 heterocycles. The fraction of sp³-hybridized carbons (Fsp3) is 0.267. The third kappa shape index (κ3) is 4.69. The maximum Gasteiger partial charge on any atom is 0.223 e. The summed E-state index contributed by atoms with van der Waals surface area (Å²) in [5.41, 5.74) is 4.22. The molecule has 6 rings (SSSR count). The van der Waals surface area contributed by atoms with Crippen LogP contribution >= 0.6 is 0 Å². The van der Waals surface area contributed by atoms with Gasteiger partial charge in [0.25, 0.3) is 0 Å². The molecular weight excluding hydrogens is 479 g/mol. The molecule has 0 amide bonds. The topological polar surface area (TPSA) is 77.8 Å². The third-order valence-corrected chi connectivity index (χ3v) is 6.92. The predicted molar refractivity (Wildman–Crippen MR) is 147 cm³/mol. The van der Waals surface area contributed by atoms with E-state index in [0.717, 1.165) is 77.4 Å². The lowest BCUT2D eigenvalue weighted by atomic mass is 10.1. The SMILES string of the molecule is CCCCNc1nccc(-c2c(-c3ccc(F)cc3)nc3n2C(COc2ccnc4ccccc24)CC3)n1. The van der Waals surface area contributed by atoms with Gasteiger partial charge in [-0.3, -0.25) is 4.98 Å². The Balaban J connectivity index is 1.38. The minimum Gasteiger partial charge on any atom is -0.491 e. The van der Waals surface area contributed by atoms with Crippen molar-refractivity contribution in [2.45, 2.75) is 38.6 Å². The molecule has 0 bridgehead atoms. The van der Waals surface area contributed by atoms with Crippen molar-refractivity contribution in [1.29, 1.82) is 0 Å². The molecule has 8 heteroatoms. The van der Waals surface area contributed by atoms with E-state index in [-0.39, 0.29) is 11.9 Å². The summed E-state index contributed by atoms with van der Waals surface area (Å²) in [6.07, 6.45) is 7.42. The van der Waals surface area contributed by atoms with Gasteiger partial charge in [-0.15, -0.1) is 0 Å². The van der Waals surface area contributed by atoms with Crippen LogP contribution in [0.2, 0.25) is 0 Å². The normalized spacial score (nSPS) is 14.5. The standard InChI is InChI=1S/C30H29FN6O/c1-2-3-16-33-30-34-17-14-25(35-30)29-28(20-8-10-21(31)11-9-20)36-27-13-12-22(37(27)29)19-38-26-15-18-32-24-7-5-4-6-23(24)26/h4-11,14-15,17-18,22H,2-3,12-13,16,19H2,1H3,(H,33,34,35). The molecule has 1 aliphatic rings. The van der Waals surface area contributed by atoms with Gasteiger partial charge in [-0.25, -0.2) is 19.3 Å². The molecule has 3 aromatic heterocycles. The van der Waals surface area contributed by atoms with E-state index in [1.807, 2.05) is 36.4 Å². The number of hydrogen-bond donors (Lipinski definition) is 1. The molecule has 192 valence electrons. The number of imidazole rings is 1. The van der Waals surface area contributed by atoms with E-state index in [9.17, 15) is 4.39 Å². The summed E-state index contributed by atoms with van der Waals surface area (Å²) < 4.78 is 22.4. The van der Waals surface area contributed by atoms with Crippen LogP contribution < -0.4 is 10.1 Å². The van der Waals surface area contributed by atoms with Crippen LogP contribution in [-0.2, 0) is 6.42 Å². The fourth-order valence-electron chi connectivity index (χ4n) is 5.02. The van der Waals surface area contributed by atoms with Gasteiger partial charge in [0.1, 0.15) is 24.0 Å². The van der Waals surface area contributed by atoms with Gasteiger partial charge in [0.05, 0.1) is 28.6 Å². The van der Waals surface area contributed by atoms with Crippen molar-refractivity contribution in [3.8, 4) is 28.4 Å². The lowest BCUT2D eigenvalue weighted by molar-refractivity contribution is 0.258. The number of aryl methyl sites for hydroxylation is 1. The molecule has 0 radical (unpaired) electrons. The first-order chi connectivity index (χ1) is 18.7. The number of hydrogen-bond acceptors (Lipinski definition) is 6. The van der Waals surface area contributed by atoms with Gasteiger partial charge in [-0.1, -0.05) is 25.5 Å². The first-order valence-electron chi connectivity index (χ1n) is 13.1. The van der Waals surface area contributed by atoms with E-state index in [2.05, 4.69) is 26.8 Å². The second-order valence-corrected chi connectivity index (χ2v) is 9.48. The molecule has 7 nitrogen and oxygen atoms in total. The number of rotatable bonds is 9. The molecule has 0 fully saturated rings. The monoisotopic (exact) mass is 508 g/mol. The van der Waals surface area contributed by atoms with Crippen LogP contribution in [0.3, 0.4) is 0 Å². The molecule has 0 saturated carbocycles. The highest BCUT2D eigenvalue weighted by Gasteiger charge is 2.31. The summed E-state index contributed by atoms with van der Waals surface area (Å²) >= 11 is 0. The van der Waals surface area contributed by atoms with Gasteiger partial charge in [-0.2, -0.15) is 0 Å². The minimum atomic E-state index is -0.276.